The second-order valence-electron chi connectivity index (χ2n) is 5.48. The van der Waals surface area contributed by atoms with Crippen molar-refractivity contribution in [3.05, 3.63) is 0 Å². The summed E-state index contributed by atoms with van der Waals surface area (Å²) < 4.78 is 50.4. The van der Waals surface area contributed by atoms with Crippen LogP contribution in [0.3, 0.4) is 0 Å². The molecule has 0 radical (unpaired) electrons. The van der Waals surface area contributed by atoms with E-state index >= 15 is 0 Å². The first-order valence-corrected chi connectivity index (χ1v) is 11.4. The molecule has 0 saturated heterocycles. The average Bonchev–Trinajstić information content (AvgIpc) is 2.59. The fourth-order valence-electron chi connectivity index (χ4n) is 2.17. The van der Waals surface area contributed by atoms with Gasteiger partial charge in [0, 0.05) is 41.5 Å². The first-order chi connectivity index (χ1) is 11.2. The highest BCUT2D eigenvalue weighted by molar-refractivity contribution is 7.54. The van der Waals surface area contributed by atoms with Gasteiger partial charge in [-0.25, -0.2) is 0 Å². The van der Waals surface area contributed by atoms with E-state index in [9.17, 15) is 9.13 Å². The predicted molar refractivity (Wildman–Crippen MR) is 94.9 cm³/mol. The third-order valence-electron chi connectivity index (χ3n) is 3.62. The molecule has 0 aromatic heterocycles. The van der Waals surface area contributed by atoms with Gasteiger partial charge in [-0.3, -0.25) is 14.0 Å². The molecule has 0 heterocycles. The summed E-state index contributed by atoms with van der Waals surface area (Å²) in [5.74, 6) is 0. The quantitative estimate of drug-likeness (QED) is 0.330. The van der Waals surface area contributed by atoms with Gasteiger partial charge in [0.1, 0.15) is 6.23 Å². The van der Waals surface area contributed by atoms with Gasteiger partial charge in [-0.1, -0.05) is 6.92 Å². The number of hydrogen-bond donors (Lipinski definition) is 0. The largest absolute Gasteiger partial charge is 0.361 e. The second kappa shape index (κ2) is 11.8. The first kappa shape index (κ1) is 24.2. The lowest BCUT2D eigenvalue weighted by molar-refractivity contribution is -0.0857. The summed E-state index contributed by atoms with van der Waals surface area (Å²) in [4.78, 5) is 1.97. The summed E-state index contributed by atoms with van der Waals surface area (Å²) in [6.07, 6.45) is 0.983. The Hall–Kier alpha value is 0.220. The minimum absolute atomic E-state index is 0.0331. The van der Waals surface area contributed by atoms with Crippen molar-refractivity contribution in [2.24, 2.45) is 0 Å². The van der Waals surface area contributed by atoms with E-state index in [1.807, 2.05) is 25.7 Å². The molecule has 146 valence electrons. The SMILES string of the molecule is CCC(OC(C)C)N(CCP(=O)(OC)OC)CCP(=O)(OC)OC. The summed E-state index contributed by atoms with van der Waals surface area (Å²) in [5, 5.41) is 0. The van der Waals surface area contributed by atoms with Gasteiger partial charge in [0.15, 0.2) is 0 Å². The molecule has 10 heteroatoms. The van der Waals surface area contributed by atoms with Crippen LogP contribution in [0.1, 0.15) is 27.2 Å². The van der Waals surface area contributed by atoms with Gasteiger partial charge in [-0.2, -0.15) is 0 Å². The van der Waals surface area contributed by atoms with E-state index in [4.69, 9.17) is 22.8 Å². The second-order valence-corrected chi connectivity index (χ2v) is 10.3. The van der Waals surface area contributed by atoms with Crippen molar-refractivity contribution in [3.63, 3.8) is 0 Å². The van der Waals surface area contributed by atoms with Crippen molar-refractivity contribution in [3.8, 4) is 0 Å². The summed E-state index contributed by atoms with van der Waals surface area (Å²) in [6.45, 7) is 6.73. The van der Waals surface area contributed by atoms with E-state index in [2.05, 4.69) is 0 Å². The number of rotatable bonds is 14. The Balaban J connectivity index is 5.06. The number of ether oxygens (including phenoxy) is 1. The van der Waals surface area contributed by atoms with Gasteiger partial charge in [0.25, 0.3) is 0 Å². The van der Waals surface area contributed by atoms with E-state index in [0.717, 1.165) is 6.42 Å². The normalized spacial score (nSPS) is 14.5. The highest BCUT2D eigenvalue weighted by Crippen LogP contribution is 2.47. The third-order valence-corrected chi connectivity index (χ3v) is 7.34. The van der Waals surface area contributed by atoms with Crippen LogP contribution in [-0.4, -0.2) is 71.1 Å². The van der Waals surface area contributed by atoms with Gasteiger partial charge in [-0.05, 0) is 20.3 Å². The van der Waals surface area contributed by atoms with E-state index in [1.165, 1.54) is 28.4 Å². The molecule has 0 aromatic carbocycles. The van der Waals surface area contributed by atoms with Crippen molar-refractivity contribution in [2.75, 3.05) is 53.9 Å². The van der Waals surface area contributed by atoms with Crippen molar-refractivity contribution in [1.82, 2.24) is 4.90 Å². The molecule has 24 heavy (non-hydrogen) atoms. The number of nitrogens with zero attached hydrogens (tertiary/aromatic N) is 1. The van der Waals surface area contributed by atoms with Crippen molar-refractivity contribution in [1.29, 1.82) is 0 Å². The highest BCUT2D eigenvalue weighted by Gasteiger charge is 2.29. The molecule has 1 atom stereocenters. The lowest BCUT2D eigenvalue weighted by atomic mass is 10.3. The Kier molecular flexibility index (Phi) is 11.9. The molecule has 0 aliphatic heterocycles. The lowest BCUT2D eigenvalue weighted by Gasteiger charge is -2.33. The van der Waals surface area contributed by atoms with Crippen LogP contribution in [0.25, 0.3) is 0 Å². The van der Waals surface area contributed by atoms with Crippen LogP contribution in [-0.2, 0) is 32.0 Å². The van der Waals surface area contributed by atoms with Crippen molar-refractivity contribution >= 4 is 15.2 Å². The minimum atomic E-state index is -3.13. The molecule has 0 rings (SSSR count). The molecular formula is C14H33NO7P2. The molecule has 0 saturated carbocycles. The molecule has 0 bridgehead atoms. The van der Waals surface area contributed by atoms with Crippen molar-refractivity contribution < 1.29 is 32.0 Å². The van der Waals surface area contributed by atoms with E-state index < -0.39 is 15.2 Å². The zero-order chi connectivity index (χ0) is 18.8. The minimum Gasteiger partial charge on any atom is -0.361 e. The van der Waals surface area contributed by atoms with E-state index in [0.29, 0.717) is 13.1 Å². The maximum absolute atomic E-state index is 12.3. The van der Waals surface area contributed by atoms with Crippen molar-refractivity contribution in [2.45, 2.75) is 39.5 Å². The summed E-state index contributed by atoms with van der Waals surface area (Å²) in [5.41, 5.74) is 0. The zero-order valence-corrected chi connectivity index (χ0v) is 17.7. The van der Waals surface area contributed by atoms with Crippen LogP contribution in [0.5, 0.6) is 0 Å². The van der Waals surface area contributed by atoms with Gasteiger partial charge in [0.05, 0.1) is 18.4 Å². The van der Waals surface area contributed by atoms with Crippen LogP contribution >= 0.6 is 15.2 Å². The molecule has 0 aromatic rings. The Bertz CT molecular complexity index is 387. The standard InChI is InChI=1S/C14H33NO7P2/c1-8-14(22-13(2)3)15(9-11-23(16,18-4)19-5)10-12-24(17,20-6)21-7/h13-14H,8-12H2,1-7H3. The molecule has 0 aliphatic rings. The lowest BCUT2D eigenvalue weighted by Crippen LogP contribution is -2.42. The van der Waals surface area contributed by atoms with Crippen LogP contribution in [0.4, 0.5) is 0 Å². The Labute approximate surface area is 146 Å². The predicted octanol–water partition coefficient (Wildman–Crippen LogP) is 3.42. The van der Waals surface area contributed by atoms with E-state index in [-0.39, 0.29) is 24.7 Å². The average molecular weight is 389 g/mol. The monoisotopic (exact) mass is 389 g/mol. The fraction of sp³-hybridized carbons (Fsp3) is 1.00. The summed E-state index contributed by atoms with van der Waals surface area (Å²) in [7, 11) is -0.806. The maximum atomic E-state index is 12.3. The maximum Gasteiger partial charge on any atom is 0.331 e. The molecule has 8 nitrogen and oxygen atoms in total. The van der Waals surface area contributed by atoms with Gasteiger partial charge in [-0.15, -0.1) is 0 Å². The van der Waals surface area contributed by atoms with Gasteiger partial charge >= 0.3 is 15.2 Å². The Morgan fingerprint density at radius 2 is 1.21 bits per heavy atom. The molecule has 0 aliphatic carbocycles. The summed E-state index contributed by atoms with van der Waals surface area (Å²) in [6, 6.07) is 0. The van der Waals surface area contributed by atoms with E-state index in [1.54, 1.807) is 0 Å². The fourth-order valence-corrected chi connectivity index (χ4v) is 4.20. The number of hydrogen-bond acceptors (Lipinski definition) is 8. The Morgan fingerprint density at radius 3 is 1.46 bits per heavy atom. The molecule has 1 unspecified atom stereocenters. The third kappa shape index (κ3) is 8.54. The molecule has 0 spiro atoms. The Morgan fingerprint density at radius 1 is 0.833 bits per heavy atom. The van der Waals surface area contributed by atoms with Gasteiger partial charge in [0.2, 0.25) is 0 Å². The van der Waals surface area contributed by atoms with Crippen LogP contribution < -0.4 is 0 Å². The highest BCUT2D eigenvalue weighted by atomic mass is 31.2. The smallest absolute Gasteiger partial charge is 0.331 e. The van der Waals surface area contributed by atoms with Gasteiger partial charge < -0.3 is 22.8 Å². The molecule has 0 fully saturated rings. The van der Waals surface area contributed by atoms with Crippen LogP contribution in [0.2, 0.25) is 0 Å². The van der Waals surface area contributed by atoms with Crippen LogP contribution in [0.15, 0.2) is 0 Å². The topological polar surface area (TPSA) is 83.5 Å². The first-order valence-electron chi connectivity index (χ1n) is 7.99. The molecular weight excluding hydrogens is 356 g/mol. The summed E-state index contributed by atoms with van der Waals surface area (Å²) >= 11 is 0. The molecule has 0 amide bonds. The zero-order valence-electron chi connectivity index (χ0n) is 15.9. The molecule has 0 N–H and O–H groups in total. The van der Waals surface area contributed by atoms with Crippen LogP contribution in [0, 0.1) is 0 Å².